The fourth-order valence-electron chi connectivity index (χ4n) is 5.57. The average Bonchev–Trinajstić information content (AvgIpc) is 3.39. The van der Waals surface area contributed by atoms with E-state index in [9.17, 15) is 17.2 Å². The van der Waals surface area contributed by atoms with Crippen LogP contribution in [0, 0.1) is 0 Å². The zero-order valence-electron chi connectivity index (χ0n) is 25.0. The van der Waals surface area contributed by atoms with Crippen LogP contribution in [-0.4, -0.2) is 128 Å². The molecular formula is C27H39F2N9O4S. The van der Waals surface area contributed by atoms with Crippen molar-refractivity contribution < 1.29 is 26.7 Å². The first-order valence-electron chi connectivity index (χ1n) is 14.4. The Balaban J connectivity index is 1.67. The fourth-order valence-corrected chi connectivity index (χ4v) is 6.47. The molecule has 0 amide bonds. The standard InChI is InChI=1S/C27H39F2N9O4S/c1-34(2)11-7-13-37(19-8-6-12-36(18-19)43(4,39)40)26-31-25(35-14-16-42-17-15-35)32-27(33-26)38-20-9-5-10-21(41-3)22(20)30-24(38)23(28)29/h5,9-10,19,23H,6-8,11-18H2,1-4H3. The number of benzene rings is 1. The van der Waals surface area contributed by atoms with Crippen LogP contribution >= 0.6 is 0 Å². The maximum Gasteiger partial charge on any atom is 0.296 e. The number of rotatable bonds is 11. The minimum Gasteiger partial charge on any atom is -0.494 e. The van der Waals surface area contributed by atoms with Gasteiger partial charge in [-0.25, -0.2) is 26.5 Å². The number of fused-ring (bicyclic) bond motifs is 1. The van der Waals surface area contributed by atoms with Crippen LogP contribution in [0.25, 0.3) is 17.0 Å². The van der Waals surface area contributed by atoms with Gasteiger partial charge < -0.3 is 24.2 Å². The van der Waals surface area contributed by atoms with E-state index in [4.69, 9.17) is 24.4 Å². The third-order valence-electron chi connectivity index (χ3n) is 7.71. The first kappa shape index (κ1) is 31.2. The van der Waals surface area contributed by atoms with E-state index < -0.39 is 22.3 Å². The van der Waals surface area contributed by atoms with Gasteiger partial charge in [0.25, 0.3) is 6.43 Å². The molecule has 2 aromatic heterocycles. The normalized spacial score (nSPS) is 18.6. The van der Waals surface area contributed by atoms with Crippen molar-refractivity contribution in [2.45, 2.75) is 31.7 Å². The Kier molecular flexibility index (Phi) is 9.58. The molecule has 2 saturated heterocycles. The molecule has 1 aromatic carbocycles. The highest BCUT2D eigenvalue weighted by Gasteiger charge is 2.33. The molecule has 5 rings (SSSR count). The van der Waals surface area contributed by atoms with Crippen molar-refractivity contribution >= 4 is 33.0 Å². The zero-order chi connectivity index (χ0) is 30.7. The van der Waals surface area contributed by atoms with Gasteiger partial charge in [-0.1, -0.05) is 6.07 Å². The van der Waals surface area contributed by atoms with Gasteiger partial charge in [-0.2, -0.15) is 15.0 Å². The molecule has 0 saturated carbocycles. The molecule has 13 nitrogen and oxygen atoms in total. The Morgan fingerprint density at radius 2 is 1.81 bits per heavy atom. The number of imidazole rings is 1. The van der Waals surface area contributed by atoms with E-state index in [-0.39, 0.29) is 24.1 Å². The van der Waals surface area contributed by atoms with Gasteiger partial charge in [0.05, 0.1) is 32.1 Å². The van der Waals surface area contributed by atoms with E-state index in [1.54, 1.807) is 18.2 Å². The molecule has 0 aliphatic carbocycles. The van der Waals surface area contributed by atoms with Crippen LogP contribution in [0.1, 0.15) is 31.5 Å². The number of morpholine rings is 1. The summed E-state index contributed by atoms with van der Waals surface area (Å²) in [6.07, 6.45) is 0.465. The summed E-state index contributed by atoms with van der Waals surface area (Å²) in [6.45, 7) is 4.04. The second kappa shape index (κ2) is 13.2. The number of ether oxygens (including phenoxy) is 2. The molecule has 236 valence electrons. The Labute approximate surface area is 250 Å². The second-order valence-electron chi connectivity index (χ2n) is 11.0. The number of piperidine rings is 1. The second-order valence-corrected chi connectivity index (χ2v) is 13.0. The van der Waals surface area contributed by atoms with Crippen molar-refractivity contribution in [1.29, 1.82) is 0 Å². The molecule has 2 fully saturated rings. The van der Waals surface area contributed by atoms with Gasteiger partial charge in [0.15, 0.2) is 5.82 Å². The zero-order valence-corrected chi connectivity index (χ0v) is 25.8. The SMILES string of the molecule is COc1cccc2c1nc(C(F)F)n2-c1nc(N2CCOCC2)nc(N(CCCN(C)C)C2CCCN(S(C)(=O)=O)C2)n1. The number of hydrogen-bond acceptors (Lipinski definition) is 11. The molecule has 4 heterocycles. The number of nitrogens with zero attached hydrogens (tertiary/aromatic N) is 9. The lowest BCUT2D eigenvalue weighted by Gasteiger charge is -2.39. The number of alkyl halides is 2. The van der Waals surface area contributed by atoms with Gasteiger partial charge >= 0.3 is 0 Å². The van der Waals surface area contributed by atoms with Gasteiger partial charge in [-0.3, -0.25) is 4.57 Å². The molecule has 0 radical (unpaired) electrons. The fraction of sp³-hybridized carbons (Fsp3) is 0.630. The molecule has 3 aromatic rings. The molecule has 2 aliphatic heterocycles. The monoisotopic (exact) mass is 623 g/mol. The van der Waals surface area contributed by atoms with E-state index in [2.05, 4.69) is 9.88 Å². The molecule has 43 heavy (non-hydrogen) atoms. The Bertz CT molecular complexity index is 1520. The van der Waals surface area contributed by atoms with E-state index in [1.807, 2.05) is 23.9 Å². The molecule has 1 unspecified atom stereocenters. The van der Waals surface area contributed by atoms with E-state index in [0.29, 0.717) is 69.0 Å². The topological polar surface area (TPSA) is 122 Å². The highest BCUT2D eigenvalue weighted by atomic mass is 32.2. The first-order chi connectivity index (χ1) is 20.6. The van der Waals surface area contributed by atoms with E-state index in [1.165, 1.54) is 22.2 Å². The smallest absolute Gasteiger partial charge is 0.296 e. The molecule has 2 aliphatic rings. The van der Waals surface area contributed by atoms with Crippen LogP contribution in [0.15, 0.2) is 18.2 Å². The van der Waals surface area contributed by atoms with Crippen molar-refractivity contribution in [3.63, 3.8) is 0 Å². The van der Waals surface area contributed by atoms with Crippen LogP contribution in [0.2, 0.25) is 0 Å². The summed E-state index contributed by atoms with van der Waals surface area (Å²) < 4.78 is 67.6. The number of halogens is 2. The van der Waals surface area contributed by atoms with Gasteiger partial charge in [0, 0.05) is 38.8 Å². The summed E-state index contributed by atoms with van der Waals surface area (Å²) in [6, 6.07) is 4.83. The van der Waals surface area contributed by atoms with Crippen molar-refractivity contribution in [1.82, 2.24) is 33.7 Å². The lowest BCUT2D eigenvalue weighted by atomic mass is 10.1. The minimum atomic E-state index is -3.41. The van der Waals surface area contributed by atoms with Crippen LogP contribution in [0.5, 0.6) is 5.75 Å². The molecule has 0 bridgehead atoms. The molecule has 0 N–H and O–H groups in total. The van der Waals surface area contributed by atoms with Crippen molar-refractivity contribution in [3.8, 4) is 11.7 Å². The van der Waals surface area contributed by atoms with Gasteiger partial charge in [0.1, 0.15) is 11.3 Å². The molecule has 1 atom stereocenters. The van der Waals surface area contributed by atoms with E-state index >= 15 is 0 Å². The average molecular weight is 624 g/mol. The summed E-state index contributed by atoms with van der Waals surface area (Å²) in [7, 11) is 2.02. The molecule has 16 heteroatoms. The quantitative estimate of drug-likeness (QED) is 0.312. The molecule has 0 spiro atoms. The van der Waals surface area contributed by atoms with Crippen LogP contribution in [-0.2, 0) is 14.8 Å². The predicted molar refractivity (Wildman–Crippen MR) is 159 cm³/mol. The highest BCUT2D eigenvalue weighted by molar-refractivity contribution is 7.88. The van der Waals surface area contributed by atoms with Crippen LogP contribution in [0.4, 0.5) is 20.7 Å². The summed E-state index contributed by atoms with van der Waals surface area (Å²) in [5, 5.41) is 0. The van der Waals surface area contributed by atoms with Crippen LogP contribution in [0.3, 0.4) is 0 Å². The Hall–Kier alpha value is -3.21. The van der Waals surface area contributed by atoms with Crippen molar-refractivity contribution in [2.75, 3.05) is 89.7 Å². The molecular weight excluding hydrogens is 584 g/mol. The number of hydrogen-bond donors (Lipinski definition) is 0. The third-order valence-corrected chi connectivity index (χ3v) is 8.98. The van der Waals surface area contributed by atoms with E-state index in [0.717, 1.165) is 19.4 Å². The van der Waals surface area contributed by atoms with Crippen LogP contribution < -0.4 is 14.5 Å². The van der Waals surface area contributed by atoms with Crippen molar-refractivity contribution in [3.05, 3.63) is 24.0 Å². The lowest BCUT2D eigenvalue weighted by Crippen LogP contribution is -2.51. The van der Waals surface area contributed by atoms with Gasteiger partial charge in [0.2, 0.25) is 27.9 Å². The lowest BCUT2D eigenvalue weighted by molar-refractivity contribution is 0.122. The Morgan fingerprint density at radius 3 is 2.49 bits per heavy atom. The Morgan fingerprint density at radius 1 is 1.07 bits per heavy atom. The summed E-state index contributed by atoms with van der Waals surface area (Å²) in [5.41, 5.74) is 0.647. The number of sulfonamides is 1. The third kappa shape index (κ3) is 6.97. The van der Waals surface area contributed by atoms with Gasteiger partial charge in [-0.15, -0.1) is 0 Å². The van der Waals surface area contributed by atoms with Gasteiger partial charge in [-0.05, 0) is 52.0 Å². The summed E-state index contributed by atoms with van der Waals surface area (Å²) in [5.74, 6) is 0.488. The number of para-hydroxylation sites is 1. The summed E-state index contributed by atoms with van der Waals surface area (Å²) in [4.78, 5) is 24.6. The number of methoxy groups -OCH3 is 1. The minimum absolute atomic E-state index is 0.00549. The number of anilines is 2. The first-order valence-corrected chi connectivity index (χ1v) is 16.2. The highest BCUT2D eigenvalue weighted by Crippen LogP contribution is 2.33. The predicted octanol–water partition coefficient (Wildman–Crippen LogP) is 2.18. The maximum absolute atomic E-state index is 14.5. The summed E-state index contributed by atoms with van der Waals surface area (Å²) >= 11 is 0. The maximum atomic E-state index is 14.5. The van der Waals surface area contributed by atoms with Crippen molar-refractivity contribution in [2.24, 2.45) is 0 Å². The number of aromatic nitrogens is 5. The largest absolute Gasteiger partial charge is 0.494 e.